The molecular formula is C7H5F6N2O4S2+. The van der Waals surface area contributed by atoms with E-state index in [1.165, 1.54) is 0 Å². The molecule has 0 saturated carbocycles. The average Bonchev–Trinajstić information content (AvgIpc) is 2.24. The van der Waals surface area contributed by atoms with Gasteiger partial charge in [0.15, 0.2) is 4.90 Å². The van der Waals surface area contributed by atoms with Gasteiger partial charge in [0, 0.05) is 6.07 Å². The lowest BCUT2D eigenvalue weighted by Gasteiger charge is -2.11. The molecule has 0 unspecified atom stereocenters. The normalized spacial score (nSPS) is 14.2. The van der Waals surface area contributed by atoms with Gasteiger partial charge in [-0.05, 0) is 6.07 Å². The molecule has 120 valence electrons. The van der Waals surface area contributed by atoms with Crippen LogP contribution in [0.4, 0.5) is 26.3 Å². The van der Waals surface area contributed by atoms with Gasteiger partial charge in [-0.2, -0.15) is 26.3 Å². The second-order valence-corrected chi connectivity index (χ2v) is 7.25. The Kier molecular flexibility index (Phi) is 3.93. The number of nitrogen functional groups attached to an aromatic ring is 1. The number of hydrogen-bond donors (Lipinski definition) is 1. The van der Waals surface area contributed by atoms with E-state index in [4.69, 9.17) is 5.84 Å². The van der Waals surface area contributed by atoms with Crippen LogP contribution in [0, 0.1) is 0 Å². The maximum absolute atomic E-state index is 12.4. The van der Waals surface area contributed by atoms with Gasteiger partial charge in [0.1, 0.15) is 0 Å². The number of pyridine rings is 1. The van der Waals surface area contributed by atoms with Crippen LogP contribution in [0.15, 0.2) is 28.3 Å². The minimum atomic E-state index is -6.42. The molecule has 0 aliphatic rings. The first kappa shape index (κ1) is 17.5. The third kappa shape index (κ3) is 2.76. The molecule has 1 aromatic heterocycles. The highest BCUT2D eigenvalue weighted by Gasteiger charge is 2.58. The van der Waals surface area contributed by atoms with E-state index in [0.717, 1.165) is 0 Å². The Labute approximate surface area is 113 Å². The maximum Gasteiger partial charge on any atom is 0.507 e. The molecule has 0 saturated heterocycles. The van der Waals surface area contributed by atoms with Crippen molar-refractivity contribution in [3.8, 4) is 0 Å². The summed E-state index contributed by atoms with van der Waals surface area (Å²) in [7, 11) is -12.8. The number of rotatable bonds is 2. The van der Waals surface area contributed by atoms with E-state index in [1.807, 2.05) is 0 Å². The monoisotopic (exact) mass is 359 g/mol. The molecule has 0 atom stereocenters. The van der Waals surface area contributed by atoms with Crippen LogP contribution < -0.4 is 10.5 Å². The summed E-state index contributed by atoms with van der Waals surface area (Å²) in [6.45, 7) is 0. The zero-order chi connectivity index (χ0) is 16.9. The second kappa shape index (κ2) is 4.72. The number of halogens is 6. The summed E-state index contributed by atoms with van der Waals surface area (Å²) in [6.07, 6.45) is 0.452. The van der Waals surface area contributed by atoms with E-state index in [1.54, 1.807) is 0 Å². The molecule has 1 heterocycles. The van der Waals surface area contributed by atoms with Gasteiger partial charge in [-0.25, -0.2) is 22.7 Å². The minimum absolute atomic E-state index is 0.0603. The van der Waals surface area contributed by atoms with Crippen molar-refractivity contribution in [2.24, 2.45) is 0 Å². The Morgan fingerprint density at radius 1 is 0.905 bits per heavy atom. The Morgan fingerprint density at radius 3 is 1.71 bits per heavy atom. The lowest BCUT2D eigenvalue weighted by molar-refractivity contribution is -0.681. The number of aromatic nitrogens is 1. The van der Waals surface area contributed by atoms with Crippen molar-refractivity contribution in [3.63, 3.8) is 0 Å². The zero-order valence-electron chi connectivity index (χ0n) is 9.47. The fourth-order valence-electron chi connectivity index (χ4n) is 1.20. The van der Waals surface area contributed by atoms with E-state index in [9.17, 15) is 43.2 Å². The van der Waals surface area contributed by atoms with Crippen LogP contribution in [0.2, 0.25) is 0 Å². The van der Waals surface area contributed by atoms with Crippen molar-refractivity contribution in [3.05, 3.63) is 18.3 Å². The second-order valence-electron chi connectivity index (χ2n) is 3.48. The molecule has 0 aliphatic carbocycles. The Morgan fingerprint density at radius 2 is 1.33 bits per heavy atom. The predicted molar refractivity (Wildman–Crippen MR) is 53.3 cm³/mol. The Balaban J connectivity index is 3.90. The highest BCUT2D eigenvalue weighted by molar-refractivity contribution is 7.95. The van der Waals surface area contributed by atoms with Crippen molar-refractivity contribution >= 4 is 19.7 Å². The van der Waals surface area contributed by atoms with Gasteiger partial charge in [-0.1, -0.05) is 4.68 Å². The standard InChI is InChI=1S/C7H5F6N2O4S2/c8-6(9,10)20(16,17)4-2-1-3-15(14)5(4)21(18,19)7(11,12)13/h1-3H,14H2/q+1. The number of nitrogens with two attached hydrogens (primary N) is 1. The van der Waals surface area contributed by atoms with Crippen molar-refractivity contribution in [2.75, 3.05) is 5.84 Å². The molecule has 2 N–H and O–H groups in total. The SMILES string of the molecule is N[n+]1cccc(S(=O)(=O)C(F)(F)F)c1S(=O)(=O)C(F)(F)F. The van der Waals surface area contributed by atoms with E-state index in [-0.39, 0.29) is 10.7 Å². The molecule has 0 radical (unpaired) electrons. The number of alkyl halides is 6. The first-order valence-electron chi connectivity index (χ1n) is 4.56. The lowest BCUT2D eigenvalue weighted by Crippen LogP contribution is -2.52. The average molecular weight is 359 g/mol. The summed E-state index contributed by atoms with van der Waals surface area (Å²) in [5.74, 6) is 4.85. The highest BCUT2D eigenvalue weighted by Crippen LogP contribution is 2.36. The molecule has 21 heavy (non-hydrogen) atoms. The highest BCUT2D eigenvalue weighted by atomic mass is 32.2. The lowest BCUT2D eigenvalue weighted by atomic mass is 10.5. The molecular weight excluding hydrogens is 354 g/mol. The van der Waals surface area contributed by atoms with E-state index >= 15 is 0 Å². The molecule has 0 aliphatic heterocycles. The number of nitrogens with zero attached hydrogens (tertiary/aromatic N) is 1. The van der Waals surface area contributed by atoms with Crippen molar-refractivity contribution in [1.82, 2.24) is 0 Å². The topological polar surface area (TPSA) is 98.2 Å². The van der Waals surface area contributed by atoms with Crippen molar-refractivity contribution < 1.29 is 47.9 Å². The van der Waals surface area contributed by atoms with Crippen LogP contribution in [0.1, 0.15) is 0 Å². The Bertz CT molecular complexity index is 765. The van der Waals surface area contributed by atoms with E-state index in [2.05, 4.69) is 0 Å². The fourth-order valence-corrected chi connectivity index (χ4v) is 3.59. The molecule has 0 spiro atoms. The van der Waals surface area contributed by atoms with E-state index in [0.29, 0.717) is 12.3 Å². The van der Waals surface area contributed by atoms with Gasteiger partial charge in [0.05, 0.1) is 0 Å². The fraction of sp³-hybridized carbons (Fsp3) is 0.286. The summed E-state index contributed by atoms with van der Waals surface area (Å²) in [6, 6.07) is 0.610. The molecule has 1 aromatic rings. The van der Waals surface area contributed by atoms with Gasteiger partial charge in [0.25, 0.3) is 9.84 Å². The van der Waals surface area contributed by atoms with Crippen molar-refractivity contribution in [1.29, 1.82) is 0 Å². The Hall–Kier alpha value is -1.57. The van der Waals surface area contributed by atoms with E-state index < -0.39 is 40.6 Å². The summed E-state index contributed by atoms with van der Waals surface area (Å²) in [5, 5.41) is -2.23. The number of sulfone groups is 2. The minimum Gasteiger partial charge on any atom is -0.214 e. The third-order valence-electron chi connectivity index (χ3n) is 2.09. The van der Waals surface area contributed by atoms with Crippen LogP contribution >= 0.6 is 0 Å². The van der Waals surface area contributed by atoms with Crippen LogP contribution in [0.25, 0.3) is 0 Å². The van der Waals surface area contributed by atoms with Crippen LogP contribution in [-0.2, 0) is 19.7 Å². The quantitative estimate of drug-likeness (QED) is 0.465. The number of hydrogen-bond acceptors (Lipinski definition) is 5. The third-order valence-corrected chi connectivity index (χ3v) is 5.29. The van der Waals surface area contributed by atoms with Crippen molar-refractivity contribution in [2.45, 2.75) is 20.9 Å². The maximum atomic E-state index is 12.4. The van der Waals surface area contributed by atoms with Crippen LogP contribution in [-0.4, -0.2) is 27.9 Å². The molecule has 0 bridgehead atoms. The van der Waals surface area contributed by atoms with Gasteiger partial charge in [-0.3, -0.25) is 0 Å². The zero-order valence-corrected chi connectivity index (χ0v) is 11.1. The van der Waals surface area contributed by atoms with Gasteiger partial charge >= 0.3 is 25.9 Å². The van der Waals surface area contributed by atoms with Gasteiger partial charge in [0.2, 0.25) is 6.20 Å². The molecule has 6 nitrogen and oxygen atoms in total. The van der Waals surface area contributed by atoms with Gasteiger partial charge in [-0.15, -0.1) is 0 Å². The van der Waals surface area contributed by atoms with Crippen LogP contribution in [0.3, 0.4) is 0 Å². The first-order chi connectivity index (χ1) is 9.14. The first-order valence-corrected chi connectivity index (χ1v) is 7.53. The molecule has 14 heteroatoms. The summed E-state index contributed by atoms with van der Waals surface area (Å²) < 4.78 is 119. The molecule has 0 amide bonds. The predicted octanol–water partition coefficient (Wildman–Crippen LogP) is 0.275. The largest absolute Gasteiger partial charge is 0.507 e. The summed E-state index contributed by atoms with van der Waals surface area (Å²) in [5.41, 5.74) is -12.0. The molecule has 0 aromatic carbocycles. The smallest absolute Gasteiger partial charge is 0.214 e. The van der Waals surface area contributed by atoms with Crippen LogP contribution in [0.5, 0.6) is 0 Å². The van der Waals surface area contributed by atoms with Gasteiger partial charge < -0.3 is 0 Å². The summed E-state index contributed by atoms with van der Waals surface area (Å²) in [4.78, 5) is -2.11. The summed E-state index contributed by atoms with van der Waals surface area (Å²) >= 11 is 0. The molecule has 0 fully saturated rings. The molecule has 1 rings (SSSR count).